The molecule has 23 heavy (non-hydrogen) atoms. The predicted molar refractivity (Wildman–Crippen MR) is 90.8 cm³/mol. The molecule has 6 heteroatoms. The lowest BCUT2D eigenvalue weighted by molar-refractivity contribution is 0.167. The van der Waals surface area contributed by atoms with E-state index < -0.39 is 0 Å². The Bertz CT molecular complexity index is 686. The fourth-order valence-electron chi connectivity index (χ4n) is 3.09. The highest BCUT2D eigenvalue weighted by atomic mass is 32.1. The molecule has 0 unspecified atom stereocenters. The first kappa shape index (κ1) is 15.8. The number of fused-ring (bicyclic) bond motifs is 1. The minimum absolute atomic E-state index is 0.0281. The number of carbonyl (C=O) groups excluding carboxylic acids is 1. The van der Waals surface area contributed by atoms with Gasteiger partial charge in [-0.15, -0.1) is 11.3 Å². The Balaban J connectivity index is 1.69. The van der Waals surface area contributed by atoms with Gasteiger partial charge in [0.15, 0.2) is 0 Å². The molecule has 2 aromatic heterocycles. The van der Waals surface area contributed by atoms with Crippen LogP contribution < -0.4 is 10.1 Å². The molecule has 3 rings (SSSR count). The topological polar surface area (TPSA) is 54.5 Å². The molecule has 1 aliphatic heterocycles. The third-order valence-electron chi connectivity index (χ3n) is 4.22. The Morgan fingerprint density at radius 2 is 2.39 bits per heavy atom. The number of carbonyl (C=O) groups is 1. The van der Waals surface area contributed by atoms with E-state index in [1.807, 2.05) is 17.0 Å². The van der Waals surface area contributed by atoms with E-state index in [4.69, 9.17) is 4.74 Å². The quantitative estimate of drug-likeness (QED) is 0.934. The van der Waals surface area contributed by atoms with Gasteiger partial charge in [0.25, 0.3) is 0 Å². The van der Waals surface area contributed by atoms with Crippen molar-refractivity contribution in [3.63, 3.8) is 0 Å². The van der Waals surface area contributed by atoms with E-state index in [2.05, 4.69) is 28.7 Å². The van der Waals surface area contributed by atoms with Crippen molar-refractivity contribution in [1.82, 2.24) is 15.2 Å². The molecular weight excluding hydrogens is 310 g/mol. The minimum Gasteiger partial charge on any atom is -0.481 e. The first-order chi connectivity index (χ1) is 11.2. The molecule has 1 atom stereocenters. The molecule has 0 fully saturated rings. The lowest BCUT2D eigenvalue weighted by Gasteiger charge is -2.35. The van der Waals surface area contributed by atoms with Crippen LogP contribution in [-0.2, 0) is 13.0 Å². The monoisotopic (exact) mass is 331 g/mol. The summed E-state index contributed by atoms with van der Waals surface area (Å²) in [5.74, 6) is 0.554. The second kappa shape index (κ2) is 7.00. The van der Waals surface area contributed by atoms with Crippen LogP contribution in [0, 0.1) is 0 Å². The van der Waals surface area contributed by atoms with Gasteiger partial charge in [-0.1, -0.05) is 13.0 Å². The number of hydrogen-bond acceptors (Lipinski definition) is 4. The van der Waals surface area contributed by atoms with Gasteiger partial charge >= 0.3 is 6.03 Å². The summed E-state index contributed by atoms with van der Waals surface area (Å²) in [7, 11) is 1.59. The summed E-state index contributed by atoms with van der Waals surface area (Å²) in [6, 6.07) is 6.05. The van der Waals surface area contributed by atoms with Crippen molar-refractivity contribution in [2.75, 3.05) is 13.7 Å². The van der Waals surface area contributed by atoms with E-state index >= 15 is 0 Å². The Morgan fingerprint density at radius 1 is 1.52 bits per heavy atom. The number of pyridine rings is 1. The number of methoxy groups -OCH3 is 1. The fraction of sp³-hybridized carbons (Fsp3) is 0.412. The normalized spacial score (nSPS) is 16.8. The third kappa shape index (κ3) is 3.17. The zero-order valence-electron chi connectivity index (χ0n) is 13.4. The number of ether oxygens (including phenoxy) is 1. The van der Waals surface area contributed by atoms with E-state index in [1.54, 1.807) is 24.6 Å². The van der Waals surface area contributed by atoms with E-state index in [-0.39, 0.29) is 12.1 Å². The molecule has 2 aromatic rings. The van der Waals surface area contributed by atoms with Crippen LogP contribution in [0.1, 0.15) is 35.4 Å². The minimum atomic E-state index is -0.0281. The third-order valence-corrected chi connectivity index (χ3v) is 5.21. The van der Waals surface area contributed by atoms with Gasteiger partial charge in [0, 0.05) is 29.7 Å². The molecule has 0 saturated carbocycles. The SMILES string of the molecule is CC[C@H]1c2ccsc2CCN1C(=O)NCc1cccnc1OC. The summed E-state index contributed by atoms with van der Waals surface area (Å²) in [4.78, 5) is 20.1. The van der Waals surface area contributed by atoms with Crippen molar-refractivity contribution in [3.8, 4) is 5.88 Å². The fourth-order valence-corrected chi connectivity index (χ4v) is 4.02. The van der Waals surface area contributed by atoms with E-state index in [0.717, 1.165) is 24.9 Å². The largest absolute Gasteiger partial charge is 0.481 e. The Hall–Kier alpha value is -2.08. The molecule has 3 heterocycles. The number of urea groups is 1. The molecule has 1 N–H and O–H groups in total. The average Bonchev–Trinajstić information content (AvgIpc) is 3.07. The Kier molecular flexibility index (Phi) is 4.81. The number of aromatic nitrogens is 1. The van der Waals surface area contributed by atoms with Gasteiger partial charge in [-0.2, -0.15) is 0 Å². The zero-order chi connectivity index (χ0) is 16.2. The number of hydrogen-bond donors (Lipinski definition) is 1. The summed E-state index contributed by atoms with van der Waals surface area (Å²) in [5.41, 5.74) is 2.18. The molecule has 0 aromatic carbocycles. The van der Waals surface area contributed by atoms with Crippen molar-refractivity contribution in [2.24, 2.45) is 0 Å². The average molecular weight is 331 g/mol. The van der Waals surface area contributed by atoms with Gasteiger partial charge in [-0.3, -0.25) is 0 Å². The van der Waals surface area contributed by atoms with Crippen LogP contribution in [0.25, 0.3) is 0 Å². The zero-order valence-corrected chi connectivity index (χ0v) is 14.2. The molecule has 0 spiro atoms. The molecule has 0 radical (unpaired) electrons. The highest BCUT2D eigenvalue weighted by molar-refractivity contribution is 7.10. The van der Waals surface area contributed by atoms with Gasteiger partial charge in [-0.05, 0) is 35.9 Å². The summed E-state index contributed by atoms with van der Waals surface area (Å²) in [5, 5.41) is 5.12. The maximum absolute atomic E-state index is 12.6. The van der Waals surface area contributed by atoms with Crippen LogP contribution in [0.3, 0.4) is 0 Å². The standard InChI is InChI=1S/C17H21N3O2S/c1-3-14-13-7-10-23-15(13)6-9-20(14)17(21)19-11-12-5-4-8-18-16(12)22-2/h4-5,7-8,10,14H,3,6,9,11H2,1-2H3,(H,19,21)/t14-/m0/s1. The van der Waals surface area contributed by atoms with Crippen LogP contribution in [-0.4, -0.2) is 29.6 Å². The van der Waals surface area contributed by atoms with Crippen molar-refractivity contribution < 1.29 is 9.53 Å². The Labute approximate surface area is 140 Å². The second-order valence-corrected chi connectivity index (χ2v) is 6.50. The maximum atomic E-state index is 12.6. The smallest absolute Gasteiger partial charge is 0.318 e. The first-order valence-corrected chi connectivity index (χ1v) is 8.71. The maximum Gasteiger partial charge on any atom is 0.318 e. The molecule has 1 aliphatic rings. The summed E-state index contributed by atoms with van der Waals surface area (Å²) >= 11 is 1.79. The van der Waals surface area contributed by atoms with Gasteiger partial charge < -0.3 is 15.0 Å². The lowest BCUT2D eigenvalue weighted by atomic mass is 9.98. The van der Waals surface area contributed by atoms with Crippen LogP contribution >= 0.6 is 11.3 Å². The van der Waals surface area contributed by atoms with Crippen molar-refractivity contribution >= 4 is 17.4 Å². The number of nitrogens with zero attached hydrogens (tertiary/aromatic N) is 2. The molecule has 0 saturated heterocycles. The number of thiophene rings is 1. The molecular formula is C17H21N3O2S. The highest BCUT2D eigenvalue weighted by Gasteiger charge is 2.30. The summed E-state index contributed by atoms with van der Waals surface area (Å²) in [6.45, 7) is 3.31. The van der Waals surface area contributed by atoms with Crippen LogP contribution in [0.2, 0.25) is 0 Å². The molecule has 0 bridgehead atoms. The predicted octanol–water partition coefficient (Wildman–Crippen LogP) is 3.37. The second-order valence-electron chi connectivity index (χ2n) is 5.50. The van der Waals surface area contributed by atoms with Gasteiger partial charge in [0.05, 0.1) is 13.2 Å². The van der Waals surface area contributed by atoms with Crippen LogP contribution in [0.4, 0.5) is 4.79 Å². The van der Waals surface area contributed by atoms with Gasteiger partial charge in [-0.25, -0.2) is 9.78 Å². The first-order valence-electron chi connectivity index (χ1n) is 7.83. The highest BCUT2D eigenvalue weighted by Crippen LogP contribution is 2.35. The number of amides is 2. The molecule has 5 nitrogen and oxygen atoms in total. The number of nitrogens with one attached hydrogen (secondary N) is 1. The van der Waals surface area contributed by atoms with E-state index in [1.165, 1.54) is 10.4 Å². The van der Waals surface area contributed by atoms with Gasteiger partial charge in [0.2, 0.25) is 5.88 Å². The Morgan fingerprint density at radius 3 is 3.17 bits per heavy atom. The van der Waals surface area contributed by atoms with E-state index in [9.17, 15) is 4.79 Å². The molecule has 122 valence electrons. The molecule has 2 amide bonds. The summed E-state index contributed by atoms with van der Waals surface area (Å²) in [6.07, 6.45) is 3.54. The lowest BCUT2D eigenvalue weighted by Crippen LogP contribution is -2.45. The van der Waals surface area contributed by atoms with Crippen molar-refractivity contribution in [3.05, 3.63) is 45.8 Å². The molecule has 0 aliphatic carbocycles. The van der Waals surface area contributed by atoms with Crippen molar-refractivity contribution in [2.45, 2.75) is 32.4 Å². The van der Waals surface area contributed by atoms with Crippen LogP contribution in [0.15, 0.2) is 29.8 Å². The van der Waals surface area contributed by atoms with Crippen molar-refractivity contribution in [1.29, 1.82) is 0 Å². The van der Waals surface area contributed by atoms with Crippen LogP contribution in [0.5, 0.6) is 5.88 Å². The van der Waals surface area contributed by atoms with E-state index in [0.29, 0.717) is 12.4 Å². The number of rotatable bonds is 4. The van der Waals surface area contributed by atoms with Gasteiger partial charge in [0.1, 0.15) is 0 Å². The summed E-state index contributed by atoms with van der Waals surface area (Å²) < 4.78 is 5.23.